The van der Waals surface area contributed by atoms with Gasteiger partial charge in [-0.1, -0.05) is 187 Å². The molecule has 0 bridgehead atoms. The van der Waals surface area contributed by atoms with Gasteiger partial charge in [-0.05, 0) is 77.8 Å². The van der Waals surface area contributed by atoms with Gasteiger partial charge in [-0.2, -0.15) is 0 Å². The van der Waals surface area contributed by atoms with Gasteiger partial charge in [-0.3, -0.25) is 0 Å². The molecule has 54 heavy (non-hydrogen) atoms. The lowest BCUT2D eigenvalue weighted by Gasteiger charge is -2.12. The Labute approximate surface area is 360 Å². The van der Waals surface area contributed by atoms with Crippen LogP contribution in [0.3, 0.4) is 0 Å². The average molecular weight is 721 g/mol. The van der Waals surface area contributed by atoms with Crippen LogP contribution < -0.4 is 0 Å². The molecule has 3 nitrogen and oxygen atoms in total. The van der Waals surface area contributed by atoms with Gasteiger partial charge in [0.25, 0.3) is 0 Å². The van der Waals surface area contributed by atoms with Crippen LogP contribution in [0.1, 0.15) is 45.2 Å². The first-order valence-electron chi connectivity index (χ1n) is 32.1. The van der Waals surface area contributed by atoms with Crippen LogP contribution in [0.4, 0.5) is 0 Å². The zero-order valence-corrected chi connectivity index (χ0v) is 26.8. The Morgan fingerprint density at radius 3 is 1.02 bits per heavy atom. The summed E-state index contributed by atoms with van der Waals surface area (Å²) in [6.45, 7) is 0. The van der Waals surface area contributed by atoms with E-state index in [1.807, 2.05) is 0 Å². The summed E-state index contributed by atoms with van der Waals surface area (Å²) in [5.74, 6) is -2.63. The quantitative estimate of drug-likeness (QED) is 0.161. The maximum Gasteiger partial charge on any atom is 0.164 e. The van der Waals surface area contributed by atoms with E-state index in [2.05, 4.69) is 15.0 Å². The molecule has 10 aromatic rings. The molecule has 252 valence electrons. The van der Waals surface area contributed by atoms with E-state index in [-0.39, 0.29) is 0 Å². The van der Waals surface area contributed by atoms with Crippen molar-refractivity contribution >= 4 is 32.3 Å². The van der Waals surface area contributed by atoms with E-state index in [0.29, 0.717) is 0 Å². The number of rotatable bonds is 6. The normalized spacial score (nSPS) is 19.9. The van der Waals surface area contributed by atoms with E-state index in [1.165, 1.54) is 0 Å². The minimum atomic E-state index is -1.16. The Hall–Kier alpha value is -7.23. The van der Waals surface area contributed by atoms with Crippen LogP contribution in [0.2, 0.25) is 0 Å². The molecule has 0 radical (unpaired) electrons. The standard InChI is InChI=1S/C51H33N3/c1-3-12-38(13-4-1)49-52-50(39-14-5-2-6-15-39)54-51(53-49)42-17-11-16-40(32-42)36-26-22-34(23-27-36)35-24-28-37(29-25-35)41-30-31-47-45-20-8-7-18-43(45)44-19-9-10-21-46(44)48(47)33-41/h1-33H/i1D,2D,3D,4D,5D,6D,7D,8D,9D,10D,11D,12D,13D,14D,15D,16D,17D,18D,19D,20D,21D,22D,23D,24D,25D,26D,27D,28D,29D,30D,31D,32D,33D. The van der Waals surface area contributed by atoms with Gasteiger partial charge in [0.15, 0.2) is 17.5 Å². The lowest BCUT2D eigenvalue weighted by Crippen LogP contribution is -2.00. The highest BCUT2D eigenvalue weighted by Crippen LogP contribution is 2.38. The molecule has 0 unspecified atom stereocenters. The molecule has 0 fully saturated rings. The number of nitrogens with zero attached hydrogens (tertiary/aromatic N) is 3. The van der Waals surface area contributed by atoms with Crippen LogP contribution in [-0.2, 0) is 0 Å². The van der Waals surface area contributed by atoms with Crippen molar-refractivity contribution in [2.75, 3.05) is 0 Å². The molecule has 0 aliphatic rings. The number of benzene rings is 9. The van der Waals surface area contributed by atoms with Crippen molar-refractivity contribution in [3.05, 3.63) is 199 Å². The predicted octanol–water partition coefficient (Wildman–Crippen LogP) is 13.3. The fourth-order valence-corrected chi connectivity index (χ4v) is 5.42. The maximum absolute atomic E-state index is 9.59. The SMILES string of the molecule is [2H]c1c([2H])c([2H])c(-c2nc(-c3c([2H])c([2H])c([2H])c([2H])c3[2H])nc(-c3c([2H])c([2H])c([2H])c(-c4c([2H])c([2H])c(-c5c([2H])c([2H])c(-c6c([2H])c([2H])c7c8c([2H])c([2H])c([2H])c([2H])c8c8c([2H])c([2H])c([2H])c([2H])c8c7c6[2H])c([2H])c5[2H])c([2H])c4[2H])c3[2H])n2)c([2H])c1[2H]. The Morgan fingerprint density at radius 1 is 0.222 bits per heavy atom. The molecule has 1 heterocycles. The first-order valence-corrected chi connectivity index (χ1v) is 15.6. The second-order valence-electron chi connectivity index (χ2n) is 11.1. The Kier molecular flexibility index (Phi) is 3.08. The fourth-order valence-electron chi connectivity index (χ4n) is 5.42. The van der Waals surface area contributed by atoms with Crippen molar-refractivity contribution in [2.45, 2.75) is 0 Å². The van der Waals surface area contributed by atoms with Crippen LogP contribution in [0.25, 0.3) is 99.9 Å². The minimum absolute atomic E-state index is 0.474. The van der Waals surface area contributed by atoms with Gasteiger partial charge in [0.05, 0.1) is 45.2 Å². The smallest absolute Gasteiger partial charge is 0.164 e. The molecule has 0 spiro atoms. The highest BCUT2D eigenvalue weighted by atomic mass is 15.0. The summed E-state index contributed by atoms with van der Waals surface area (Å²) in [6.07, 6.45) is 0. The highest BCUT2D eigenvalue weighted by molar-refractivity contribution is 6.25. The summed E-state index contributed by atoms with van der Waals surface area (Å²) in [6, 6.07) is -32.1. The second kappa shape index (κ2) is 13.4. The topological polar surface area (TPSA) is 38.7 Å². The number of hydrogen-bond acceptors (Lipinski definition) is 3. The van der Waals surface area contributed by atoms with Crippen LogP contribution >= 0.6 is 0 Å². The van der Waals surface area contributed by atoms with E-state index in [0.717, 1.165) is 0 Å². The van der Waals surface area contributed by atoms with Crippen molar-refractivity contribution in [3.63, 3.8) is 0 Å². The third-order valence-corrected chi connectivity index (χ3v) is 7.87. The van der Waals surface area contributed by atoms with Crippen molar-refractivity contribution in [1.82, 2.24) is 15.0 Å². The third-order valence-electron chi connectivity index (χ3n) is 7.87. The highest BCUT2D eigenvalue weighted by Gasteiger charge is 2.14. The predicted molar refractivity (Wildman–Crippen MR) is 225 cm³/mol. The zero-order valence-electron chi connectivity index (χ0n) is 59.8. The van der Waals surface area contributed by atoms with E-state index in [1.54, 1.807) is 0 Å². The molecule has 0 aliphatic heterocycles. The van der Waals surface area contributed by atoms with Crippen molar-refractivity contribution in [3.8, 4) is 67.5 Å². The molecule has 9 aromatic carbocycles. The second-order valence-corrected chi connectivity index (χ2v) is 11.1. The Balaban J connectivity index is 1.23. The lowest BCUT2D eigenvalue weighted by molar-refractivity contribution is 1.07. The Morgan fingerprint density at radius 2 is 0.537 bits per heavy atom. The molecular formula is C51H33N3. The van der Waals surface area contributed by atoms with E-state index in [9.17, 15) is 16.4 Å². The molecule has 0 amide bonds. The van der Waals surface area contributed by atoms with Crippen LogP contribution in [-0.4, -0.2) is 15.0 Å². The lowest BCUT2D eigenvalue weighted by atomic mass is 9.91. The summed E-state index contributed by atoms with van der Waals surface area (Å²) in [4.78, 5) is 12.5. The van der Waals surface area contributed by atoms with Crippen LogP contribution in [0.15, 0.2) is 199 Å². The first kappa shape index (κ1) is 12.4. The summed E-state index contributed by atoms with van der Waals surface area (Å²) >= 11 is 0. The molecule has 0 N–H and O–H groups in total. The van der Waals surface area contributed by atoms with Gasteiger partial charge in [0.1, 0.15) is 0 Å². The molecule has 0 saturated carbocycles. The minimum Gasteiger partial charge on any atom is -0.208 e. The van der Waals surface area contributed by atoms with Crippen LogP contribution in [0, 0.1) is 0 Å². The molecule has 0 atom stereocenters. The van der Waals surface area contributed by atoms with E-state index >= 15 is 0 Å². The van der Waals surface area contributed by atoms with Gasteiger partial charge in [-0.15, -0.1) is 0 Å². The molecular weight excluding hydrogens is 655 g/mol. The van der Waals surface area contributed by atoms with Crippen molar-refractivity contribution < 1.29 is 45.2 Å². The maximum atomic E-state index is 9.59. The van der Waals surface area contributed by atoms with E-state index in [4.69, 9.17) is 28.8 Å². The molecule has 3 heteroatoms. The average Bonchev–Trinajstić information content (AvgIpc) is 0.704. The summed E-state index contributed by atoms with van der Waals surface area (Å²) in [5, 5.41) is -3.20. The number of fused-ring (bicyclic) bond motifs is 6. The van der Waals surface area contributed by atoms with Gasteiger partial charge < -0.3 is 0 Å². The van der Waals surface area contributed by atoms with Crippen molar-refractivity contribution in [2.24, 2.45) is 0 Å². The molecule has 1 aromatic heterocycles. The third kappa shape index (κ3) is 5.78. The van der Waals surface area contributed by atoms with Gasteiger partial charge in [-0.25, -0.2) is 15.0 Å². The van der Waals surface area contributed by atoms with Gasteiger partial charge in [0.2, 0.25) is 0 Å². The monoisotopic (exact) mass is 720 g/mol. The summed E-state index contributed by atoms with van der Waals surface area (Å²) in [7, 11) is 0. The number of hydrogen-bond donors (Lipinski definition) is 0. The summed E-state index contributed by atoms with van der Waals surface area (Å²) in [5.41, 5.74) is -7.90. The molecule has 0 aliphatic carbocycles. The van der Waals surface area contributed by atoms with Gasteiger partial charge in [0, 0.05) is 16.7 Å². The van der Waals surface area contributed by atoms with Gasteiger partial charge >= 0.3 is 0 Å². The fraction of sp³-hybridized carbons (Fsp3) is 0. The van der Waals surface area contributed by atoms with E-state index < -0.39 is 299 Å². The number of aromatic nitrogens is 3. The largest absolute Gasteiger partial charge is 0.208 e. The summed E-state index contributed by atoms with van der Waals surface area (Å²) < 4.78 is 292. The molecule has 10 rings (SSSR count). The van der Waals surface area contributed by atoms with Crippen LogP contribution in [0.5, 0.6) is 0 Å². The molecule has 0 saturated heterocycles. The van der Waals surface area contributed by atoms with Crippen molar-refractivity contribution in [1.29, 1.82) is 0 Å². The zero-order chi connectivity index (χ0) is 64.6. The Bertz CT molecular complexity index is 4660. The first-order chi connectivity index (χ1) is 40.5.